The fraction of sp³-hybridized carbons (Fsp3) is 0.412. The van der Waals surface area contributed by atoms with Crippen molar-refractivity contribution in [2.24, 2.45) is 11.7 Å². The summed E-state index contributed by atoms with van der Waals surface area (Å²) in [5.74, 6) is 0.468. The highest BCUT2D eigenvalue weighted by Gasteiger charge is 2.27. The third-order valence-corrected chi connectivity index (χ3v) is 4.35. The van der Waals surface area contributed by atoms with Crippen molar-refractivity contribution in [1.82, 2.24) is 9.88 Å². The Bertz CT molecular complexity index is 658. The van der Waals surface area contributed by atoms with Crippen LogP contribution in [-0.4, -0.2) is 34.9 Å². The second-order valence-corrected chi connectivity index (χ2v) is 5.89. The number of carbonyl (C=O) groups is 1. The van der Waals surface area contributed by atoms with Crippen LogP contribution in [0.15, 0.2) is 36.5 Å². The molecule has 0 saturated carbocycles. The van der Waals surface area contributed by atoms with Crippen molar-refractivity contribution in [3.05, 3.63) is 42.1 Å². The molecule has 0 radical (unpaired) electrons. The quantitative estimate of drug-likeness (QED) is 0.898. The topological polar surface area (TPSA) is 59.2 Å². The molecular formula is C17H23Cl2N3O. The second-order valence-electron chi connectivity index (χ2n) is 5.89. The number of hydrogen-bond acceptors (Lipinski definition) is 3. The van der Waals surface area contributed by atoms with Crippen LogP contribution >= 0.6 is 24.8 Å². The van der Waals surface area contributed by atoms with E-state index in [9.17, 15) is 4.79 Å². The zero-order valence-electron chi connectivity index (χ0n) is 13.1. The van der Waals surface area contributed by atoms with Gasteiger partial charge < -0.3 is 10.6 Å². The standard InChI is InChI=1S/C17H21N3O.2ClH/c1-12(18)14-7-4-10-20(11-14)17(21)15-8-2-5-13-6-3-9-19-16(13)15;;/h2-3,5-6,8-9,12,14H,4,7,10-11,18H2,1H3;2*1H. The molecule has 1 amide bonds. The molecule has 23 heavy (non-hydrogen) atoms. The fourth-order valence-corrected chi connectivity index (χ4v) is 3.07. The summed E-state index contributed by atoms with van der Waals surface area (Å²) in [6.45, 7) is 3.59. The van der Waals surface area contributed by atoms with Crippen LogP contribution in [0.25, 0.3) is 10.9 Å². The molecule has 1 aliphatic rings. The van der Waals surface area contributed by atoms with E-state index in [0.717, 1.165) is 36.8 Å². The predicted molar refractivity (Wildman–Crippen MR) is 98.5 cm³/mol. The van der Waals surface area contributed by atoms with Crippen molar-refractivity contribution in [1.29, 1.82) is 0 Å². The lowest BCUT2D eigenvalue weighted by molar-refractivity contribution is 0.0663. The average molecular weight is 356 g/mol. The summed E-state index contributed by atoms with van der Waals surface area (Å²) in [7, 11) is 0. The summed E-state index contributed by atoms with van der Waals surface area (Å²) < 4.78 is 0. The minimum Gasteiger partial charge on any atom is -0.338 e. The van der Waals surface area contributed by atoms with Gasteiger partial charge in [0.2, 0.25) is 0 Å². The van der Waals surface area contributed by atoms with Crippen molar-refractivity contribution in [3.63, 3.8) is 0 Å². The molecule has 2 aromatic rings. The number of nitrogens with zero attached hydrogens (tertiary/aromatic N) is 2. The number of rotatable bonds is 2. The highest BCUT2D eigenvalue weighted by molar-refractivity contribution is 6.05. The Kier molecular flexibility index (Phi) is 7.26. The van der Waals surface area contributed by atoms with Crippen LogP contribution in [0.5, 0.6) is 0 Å². The van der Waals surface area contributed by atoms with Gasteiger partial charge in [-0.25, -0.2) is 0 Å². The van der Waals surface area contributed by atoms with Gasteiger partial charge in [0.15, 0.2) is 0 Å². The van der Waals surface area contributed by atoms with E-state index in [4.69, 9.17) is 5.73 Å². The zero-order chi connectivity index (χ0) is 14.8. The fourth-order valence-electron chi connectivity index (χ4n) is 3.07. The third-order valence-electron chi connectivity index (χ3n) is 4.35. The molecule has 6 heteroatoms. The number of halogens is 2. The summed E-state index contributed by atoms with van der Waals surface area (Å²) in [5.41, 5.74) is 7.49. The smallest absolute Gasteiger partial charge is 0.256 e. The molecule has 1 aromatic heterocycles. The van der Waals surface area contributed by atoms with E-state index in [0.29, 0.717) is 11.5 Å². The lowest BCUT2D eigenvalue weighted by atomic mass is 9.91. The Morgan fingerprint density at radius 2 is 2.04 bits per heavy atom. The van der Waals surface area contributed by atoms with Gasteiger partial charge in [0, 0.05) is 30.7 Å². The minimum absolute atomic E-state index is 0. The molecule has 0 spiro atoms. The molecule has 1 saturated heterocycles. The van der Waals surface area contributed by atoms with Crippen LogP contribution in [-0.2, 0) is 0 Å². The number of amides is 1. The summed E-state index contributed by atoms with van der Waals surface area (Å²) in [6.07, 6.45) is 3.87. The molecule has 1 fully saturated rings. The van der Waals surface area contributed by atoms with Crippen molar-refractivity contribution in [3.8, 4) is 0 Å². The van der Waals surface area contributed by atoms with Crippen LogP contribution in [0.2, 0.25) is 0 Å². The number of likely N-dealkylation sites (tertiary alicyclic amines) is 1. The van der Waals surface area contributed by atoms with Crippen LogP contribution in [0, 0.1) is 5.92 Å². The Balaban J connectivity index is 0.00000132. The zero-order valence-corrected chi connectivity index (χ0v) is 14.8. The van der Waals surface area contributed by atoms with Gasteiger partial charge in [-0.1, -0.05) is 18.2 Å². The average Bonchev–Trinajstić information content (AvgIpc) is 2.53. The maximum absolute atomic E-state index is 12.8. The van der Waals surface area contributed by atoms with Gasteiger partial charge in [-0.05, 0) is 37.8 Å². The van der Waals surface area contributed by atoms with E-state index < -0.39 is 0 Å². The number of pyridine rings is 1. The van der Waals surface area contributed by atoms with Crippen molar-refractivity contribution in [2.45, 2.75) is 25.8 Å². The summed E-state index contributed by atoms with van der Waals surface area (Å²) in [5, 5.41) is 1.00. The van der Waals surface area contributed by atoms with E-state index in [1.54, 1.807) is 6.20 Å². The monoisotopic (exact) mass is 355 g/mol. The largest absolute Gasteiger partial charge is 0.338 e. The molecule has 0 bridgehead atoms. The van der Waals surface area contributed by atoms with E-state index in [1.807, 2.05) is 42.2 Å². The molecule has 2 unspecified atom stereocenters. The first-order valence-electron chi connectivity index (χ1n) is 7.55. The summed E-state index contributed by atoms with van der Waals surface area (Å²) in [6, 6.07) is 9.78. The maximum Gasteiger partial charge on any atom is 0.256 e. The molecule has 4 nitrogen and oxygen atoms in total. The van der Waals surface area contributed by atoms with Gasteiger partial charge in [-0.2, -0.15) is 0 Å². The number of hydrogen-bond donors (Lipinski definition) is 1. The van der Waals surface area contributed by atoms with E-state index >= 15 is 0 Å². The van der Waals surface area contributed by atoms with Gasteiger partial charge in [-0.3, -0.25) is 9.78 Å². The van der Waals surface area contributed by atoms with Crippen LogP contribution < -0.4 is 5.73 Å². The highest BCUT2D eigenvalue weighted by Crippen LogP contribution is 2.23. The third kappa shape index (κ3) is 4.14. The van der Waals surface area contributed by atoms with Crippen LogP contribution in [0.4, 0.5) is 0 Å². The van der Waals surface area contributed by atoms with E-state index in [2.05, 4.69) is 4.98 Å². The van der Waals surface area contributed by atoms with Gasteiger partial charge in [-0.15, -0.1) is 24.8 Å². The Morgan fingerprint density at radius 1 is 1.30 bits per heavy atom. The lowest BCUT2D eigenvalue weighted by Gasteiger charge is -2.34. The molecule has 2 atom stereocenters. The first-order valence-corrected chi connectivity index (χ1v) is 7.55. The molecular weight excluding hydrogens is 333 g/mol. The summed E-state index contributed by atoms with van der Waals surface area (Å²) in [4.78, 5) is 19.1. The molecule has 2 heterocycles. The van der Waals surface area contributed by atoms with Crippen LogP contribution in [0.3, 0.4) is 0 Å². The van der Waals surface area contributed by atoms with Gasteiger partial charge >= 0.3 is 0 Å². The first-order chi connectivity index (χ1) is 10.2. The van der Waals surface area contributed by atoms with Crippen molar-refractivity contribution >= 4 is 41.6 Å². The van der Waals surface area contributed by atoms with Crippen LogP contribution in [0.1, 0.15) is 30.1 Å². The second kappa shape index (κ2) is 8.48. The van der Waals surface area contributed by atoms with Crippen molar-refractivity contribution in [2.75, 3.05) is 13.1 Å². The molecule has 3 rings (SSSR count). The normalized spacial score (nSPS) is 18.7. The number of aromatic nitrogens is 1. The van der Waals surface area contributed by atoms with Gasteiger partial charge in [0.05, 0.1) is 11.1 Å². The Hall–Kier alpha value is -1.36. The number of fused-ring (bicyclic) bond motifs is 1. The Morgan fingerprint density at radius 3 is 2.78 bits per heavy atom. The Labute approximate surface area is 149 Å². The van der Waals surface area contributed by atoms with Crippen molar-refractivity contribution < 1.29 is 4.79 Å². The number of carbonyl (C=O) groups excluding carboxylic acids is 1. The predicted octanol–water partition coefficient (Wildman–Crippen LogP) is 3.28. The van der Waals surface area contributed by atoms with Gasteiger partial charge in [0.25, 0.3) is 5.91 Å². The molecule has 1 aromatic carbocycles. The maximum atomic E-state index is 12.8. The number of para-hydroxylation sites is 1. The SMILES string of the molecule is CC(N)C1CCCN(C(=O)c2cccc3cccnc23)C1.Cl.Cl. The van der Waals surface area contributed by atoms with E-state index in [-0.39, 0.29) is 36.8 Å². The number of nitrogens with two attached hydrogens (primary N) is 1. The molecule has 1 aliphatic heterocycles. The summed E-state index contributed by atoms with van der Waals surface area (Å²) >= 11 is 0. The lowest BCUT2D eigenvalue weighted by Crippen LogP contribution is -2.45. The van der Waals surface area contributed by atoms with Gasteiger partial charge in [0.1, 0.15) is 0 Å². The molecule has 2 N–H and O–H groups in total. The number of benzene rings is 1. The molecule has 0 aliphatic carbocycles. The first kappa shape index (κ1) is 19.7. The number of piperidine rings is 1. The minimum atomic E-state index is 0. The highest BCUT2D eigenvalue weighted by atomic mass is 35.5. The molecule has 126 valence electrons. The van der Waals surface area contributed by atoms with E-state index in [1.165, 1.54) is 0 Å².